The van der Waals surface area contributed by atoms with E-state index < -0.39 is 0 Å². The van der Waals surface area contributed by atoms with Crippen molar-refractivity contribution in [1.29, 1.82) is 0 Å². The summed E-state index contributed by atoms with van der Waals surface area (Å²) in [7, 11) is 1.85. The van der Waals surface area contributed by atoms with Gasteiger partial charge in [-0.1, -0.05) is 30.3 Å². The molecule has 2 aromatic rings. The van der Waals surface area contributed by atoms with Crippen LogP contribution in [0.1, 0.15) is 22.8 Å². The molecule has 5 heteroatoms. The van der Waals surface area contributed by atoms with E-state index in [1.807, 2.05) is 49.2 Å². The molecule has 0 aliphatic heterocycles. The Kier molecular flexibility index (Phi) is 6.11. The molecule has 0 aliphatic carbocycles. The number of carbonyl (C=O) groups is 1. The van der Waals surface area contributed by atoms with Gasteiger partial charge in [-0.25, -0.2) is 0 Å². The molecule has 2 rings (SSSR count). The average molecular weight is 328 g/mol. The SMILES string of the molecule is CCOc1ccc(C(=O)NC(=S)N(C)Cc2ccccc2)cc1. The fourth-order valence-corrected chi connectivity index (χ4v) is 2.22. The summed E-state index contributed by atoms with van der Waals surface area (Å²) in [5, 5.41) is 3.14. The van der Waals surface area contributed by atoms with Gasteiger partial charge in [0.1, 0.15) is 5.75 Å². The van der Waals surface area contributed by atoms with Gasteiger partial charge in [0, 0.05) is 19.2 Å². The maximum atomic E-state index is 12.2. The van der Waals surface area contributed by atoms with Crippen LogP contribution in [0.2, 0.25) is 0 Å². The van der Waals surface area contributed by atoms with Gasteiger partial charge in [-0.3, -0.25) is 10.1 Å². The van der Waals surface area contributed by atoms with Crippen molar-refractivity contribution in [3.8, 4) is 5.75 Å². The lowest BCUT2D eigenvalue weighted by Gasteiger charge is -2.20. The fraction of sp³-hybridized carbons (Fsp3) is 0.222. The van der Waals surface area contributed by atoms with Crippen molar-refractivity contribution >= 4 is 23.2 Å². The monoisotopic (exact) mass is 328 g/mol. The molecule has 0 unspecified atom stereocenters. The van der Waals surface area contributed by atoms with Gasteiger partial charge in [0.25, 0.3) is 5.91 Å². The van der Waals surface area contributed by atoms with E-state index >= 15 is 0 Å². The van der Waals surface area contributed by atoms with E-state index in [1.165, 1.54) is 0 Å². The van der Waals surface area contributed by atoms with Crippen LogP contribution in [0.5, 0.6) is 5.75 Å². The average Bonchev–Trinajstić information content (AvgIpc) is 2.56. The Morgan fingerprint density at radius 2 is 1.78 bits per heavy atom. The molecule has 0 aliphatic rings. The zero-order valence-corrected chi connectivity index (χ0v) is 14.1. The lowest BCUT2D eigenvalue weighted by Crippen LogP contribution is -2.40. The molecular formula is C18H20N2O2S. The zero-order chi connectivity index (χ0) is 16.7. The largest absolute Gasteiger partial charge is 0.494 e. The van der Waals surface area contributed by atoms with Crippen molar-refractivity contribution in [1.82, 2.24) is 10.2 Å². The second-order valence-electron chi connectivity index (χ2n) is 5.06. The van der Waals surface area contributed by atoms with Crippen LogP contribution in [0.25, 0.3) is 0 Å². The molecule has 0 aromatic heterocycles. The summed E-state index contributed by atoms with van der Waals surface area (Å²) in [6, 6.07) is 17.0. The van der Waals surface area contributed by atoms with Crippen molar-refractivity contribution in [2.45, 2.75) is 13.5 Å². The van der Waals surface area contributed by atoms with Crippen LogP contribution >= 0.6 is 12.2 Å². The molecule has 4 nitrogen and oxygen atoms in total. The van der Waals surface area contributed by atoms with Crippen LogP contribution < -0.4 is 10.1 Å². The molecule has 0 radical (unpaired) electrons. The van der Waals surface area contributed by atoms with Crippen LogP contribution in [-0.4, -0.2) is 29.6 Å². The number of hydrogen-bond acceptors (Lipinski definition) is 3. The minimum Gasteiger partial charge on any atom is -0.494 e. The van der Waals surface area contributed by atoms with E-state index in [2.05, 4.69) is 5.32 Å². The Morgan fingerprint density at radius 1 is 1.13 bits per heavy atom. The highest BCUT2D eigenvalue weighted by Crippen LogP contribution is 2.12. The van der Waals surface area contributed by atoms with Crippen molar-refractivity contribution in [2.75, 3.05) is 13.7 Å². The van der Waals surface area contributed by atoms with Gasteiger partial charge in [0.15, 0.2) is 5.11 Å². The highest BCUT2D eigenvalue weighted by Gasteiger charge is 2.11. The molecule has 0 saturated heterocycles. The number of nitrogens with zero attached hydrogens (tertiary/aromatic N) is 1. The van der Waals surface area contributed by atoms with Crippen LogP contribution in [-0.2, 0) is 6.54 Å². The van der Waals surface area contributed by atoms with E-state index in [0.717, 1.165) is 11.3 Å². The molecule has 0 heterocycles. The minimum atomic E-state index is -0.224. The van der Waals surface area contributed by atoms with Gasteiger partial charge in [-0.2, -0.15) is 0 Å². The number of ether oxygens (including phenoxy) is 1. The lowest BCUT2D eigenvalue weighted by molar-refractivity contribution is 0.0973. The van der Waals surface area contributed by atoms with Gasteiger partial charge in [0.05, 0.1) is 6.61 Å². The second-order valence-corrected chi connectivity index (χ2v) is 5.45. The van der Waals surface area contributed by atoms with E-state index in [-0.39, 0.29) is 5.91 Å². The molecule has 0 fully saturated rings. The molecule has 0 spiro atoms. The predicted octanol–water partition coefficient (Wildman–Crippen LogP) is 3.23. The maximum Gasteiger partial charge on any atom is 0.257 e. The number of rotatable bonds is 5. The lowest BCUT2D eigenvalue weighted by atomic mass is 10.2. The second kappa shape index (κ2) is 8.29. The highest BCUT2D eigenvalue weighted by molar-refractivity contribution is 7.80. The Morgan fingerprint density at radius 3 is 2.39 bits per heavy atom. The fourth-order valence-electron chi connectivity index (χ4n) is 2.06. The third-order valence-electron chi connectivity index (χ3n) is 3.26. The quantitative estimate of drug-likeness (QED) is 0.856. The van der Waals surface area contributed by atoms with Crippen LogP contribution in [0.3, 0.4) is 0 Å². The van der Waals surface area contributed by atoms with Gasteiger partial charge in [-0.15, -0.1) is 0 Å². The summed E-state index contributed by atoms with van der Waals surface area (Å²) in [4.78, 5) is 14.0. The molecule has 23 heavy (non-hydrogen) atoms. The van der Waals surface area contributed by atoms with Crippen LogP contribution in [0.15, 0.2) is 54.6 Å². The maximum absolute atomic E-state index is 12.2. The molecule has 2 aromatic carbocycles. The van der Waals surface area contributed by atoms with E-state index in [1.54, 1.807) is 24.3 Å². The number of thiocarbonyl (C=S) groups is 1. The molecule has 1 N–H and O–H groups in total. The third-order valence-corrected chi connectivity index (χ3v) is 3.67. The normalized spacial score (nSPS) is 10.0. The van der Waals surface area contributed by atoms with Gasteiger partial charge < -0.3 is 9.64 Å². The number of nitrogens with one attached hydrogen (secondary N) is 1. The smallest absolute Gasteiger partial charge is 0.257 e. The van der Waals surface area contributed by atoms with Crippen molar-refractivity contribution in [3.05, 3.63) is 65.7 Å². The van der Waals surface area contributed by atoms with E-state index in [9.17, 15) is 4.79 Å². The Hall–Kier alpha value is -2.40. The number of benzene rings is 2. The number of amides is 1. The molecule has 0 atom stereocenters. The highest BCUT2D eigenvalue weighted by atomic mass is 32.1. The van der Waals surface area contributed by atoms with Crippen molar-refractivity contribution in [2.24, 2.45) is 0 Å². The van der Waals surface area contributed by atoms with Crippen LogP contribution in [0.4, 0.5) is 0 Å². The predicted molar refractivity (Wildman–Crippen MR) is 95.6 cm³/mol. The van der Waals surface area contributed by atoms with E-state index in [4.69, 9.17) is 17.0 Å². The topological polar surface area (TPSA) is 41.6 Å². The summed E-state index contributed by atoms with van der Waals surface area (Å²) in [6.07, 6.45) is 0. The van der Waals surface area contributed by atoms with Gasteiger partial charge in [0.2, 0.25) is 0 Å². The Balaban J connectivity index is 1.92. The zero-order valence-electron chi connectivity index (χ0n) is 13.3. The minimum absolute atomic E-state index is 0.224. The van der Waals surface area contributed by atoms with E-state index in [0.29, 0.717) is 23.8 Å². The molecule has 120 valence electrons. The molecule has 0 saturated carbocycles. The summed E-state index contributed by atoms with van der Waals surface area (Å²) in [5.41, 5.74) is 1.68. The first-order chi connectivity index (χ1) is 11.1. The standard InChI is InChI=1S/C18H20N2O2S/c1-3-22-16-11-9-15(10-12-16)17(21)19-18(23)20(2)13-14-7-5-4-6-8-14/h4-12H,3,13H2,1-2H3,(H,19,21,23). The van der Waals surface area contributed by atoms with Gasteiger partial charge >= 0.3 is 0 Å². The summed E-state index contributed by atoms with van der Waals surface area (Å²) in [6.45, 7) is 3.16. The molecule has 0 bridgehead atoms. The Bertz CT molecular complexity index is 656. The molecule has 1 amide bonds. The summed E-state index contributed by atoms with van der Waals surface area (Å²) < 4.78 is 5.36. The first kappa shape index (κ1) is 17.0. The third kappa shape index (κ3) is 5.07. The first-order valence-electron chi connectivity index (χ1n) is 7.43. The summed E-state index contributed by atoms with van der Waals surface area (Å²) in [5.74, 6) is 0.519. The number of carbonyl (C=O) groups excluding carboxylic acids is 1. The van der Waals surface area contributed by atoms with Crippen LogP contribution in [0, 0.1) is 0 Å². The Labute approximate surface area is 142 Å². The van der Waals surface area contributed by atoms with Gasteiger partial charge in [-0.05, 0) is 49.0 Å². The summed E-state index contributed by atoms with van der Waals surface area (Å²) >= 11 is 5.29. The van der Waals surface area contributed by atoms with Crippen molar-refractivity contribution in [3.63, 3.8) is 0 Å². The van der Waals surface area contributed by atoms with Crippen molar-refractivity contribution < 1.29 is 9.53 Å². The molecular weight excluding hydrogens is 308 g/mol. The first-order valence-corrected chi connectivity index (χ1v) is 7.84. The number of hydrogen-bond donors (Lipinski definition) is 1.